The largest absolute Gasteiger partial charge is 0.279 e. The number of nitro groups is 1. The molecular weight excluding hydrogens is 296 g/mol. The first-order chi connectivity index (χ1) is 9.65. The third-order valence-electron chi connectivity index (χ3n) is 2.70. The highest BCUT2D eigenvalue weighted by molar-refractivity contribution is 7.99. The second kappa shape index (κ2) is 5.10. The number of benzene rings is 2. The van der Waals surface area contributed by atoms with Crippen molar-refractivity contribution in [3.05, 3.63) is 69.0 Å². The lowest BCUT2D eigenvalue weighted by Crippen LogP contribution is -2.06. The molecule has 20 heavy (non-hydrogen) atoms. The number of rotatable bonds is 3. The molecular formula is C13H8N2O3S2. The normalized spacial score (nSPS) is 10.8. The number of hydrogen-bond acceptors (Lipinski definition) is 5. The molecule has 0 aliphatic heterocycles. The molecule has 1 heterocycles. The summed E-state index contributed by atoms with van der Waals surface area (Å²) in [5.41, 5.74) is -0.0213. The molecule has 2 aromatic carbocycles. The summed E-state index contributed by atoms with van der Waals surface area (Å²) in [7, 11) is 0. The van der Waals surface area contributed by atoms with Crippen molar-refractivity contribution >= 4 is 39.3 Å². The van der Waals surface area contributed by atoms with E-state index in [0.29, 0.717) is 5.39 Å². The standard InChI is InChI=1S/C13H8N2O3S2/c16-13-11-3-1-2-4-12(11)20-15(13)19-10-7-5-9(6-8-10)14(17)18/h1-8H. The summed E-state index contributed by atoms with van der Waals surface area (Å²) in [4.78, 5) is 23.1. The second-order valence-electron chi connectivity index (χ2n) is 3.99. The molecule has 0 bridgehead atoms. The topological polar surface area (TPSA) is 65.1 Å². The summed E-state index contributed by atoms with van der Waals surface area (Å²) in [5, 5.41) is 11.3. The minimum Gasteiger partial charge on any atom is -0.267 e. The zero-order chi connectivity index (χ0) is 14.1. The van der Waals surface area contributed by atoms with Crippen molar-refractivity contribution in [3.63, 3.8) is 0 Å². The first-order valence-electron chi connectivity index (χ1n) is 5.69. The van der Waals surface area contributed by atoms with Gasteiger partial charge in [0, 0.05) is 29.0 Å². The highest BCUT2D eigenvalue weighted by Gasteiger charge is 2.09. The maximum absolute atomic E-state index is 12.2. The van der Waals surface area contributed by atoms with Crippen molar-refractivity contribution in [2.24, 2.45) is 0 Å². The average Bonchev–Trinajstić information content (AvgIpc) is 2.77. The van der Waals surface area contributed by atoms with Crippen LogP contribution in [0.5, 0.6) is 0 Å². The van der Waals surface area contributed by atoms with Crippen LogP contribution < -0.4 is 5.56 Å². The number of non-ortho nitro benzene ring substituents is 1. The lowest BCUT2D eigenvalue weighted by atomic mass is 10.3. The molecule has 0 N–H and O–H groups in total. The first-order valence-corrected chi connectivity index (χ1v) is 7.24. The summed E-state index contributed by atoms with van der Waals surface area (Å²) >= 11 is 2.62. The van der Waals surface area contributed by atoms with Crippen molar-refractivity contribution in [1.29, 1.82) is 0 Å². The lowest BCUT2D eigenvalue weighted by Gasteiger charge is -1.99. The molecule has 0 radical (unpaired) electrons. The lowest BCUT2D eigenvalue weighted by molar-refractivity contribution is -0.384. The van der Waals surface area contributed by atoms with Crippen molar-refractivity contribution in [2.75, 3.05) is 0 Å². The van der Waals surface area contributed by atoms with E-state index < -0.39 is 4.92 Å². The molecule has 5 nitrogen and oxygen atoms in total. The number of nitrogens with zero attached hydrogens (tertiary/aromatic N) is 2. The van der Waals surface area contributed by atoms with E-state index in [0.717, 1.165) is 9.60 Å². The van der Waals surface area contributed by atoms with Crippen molar-refractivity contribution in [2.45, 2.75) is 4.90 Å². The van der Waals surface area contributed by atoms with Crippen LogP contribution in [0.4, 0.5) is 5.69 Å². The van der Waals surface area contributed by atoms with E-state index in [1.54, 1.807) is 21.6 Å². The van der Waals surface area contributed by atoms with E-state index in [1.165, 1.54) is 35.6 Å². The third-order valence-corrected chi connectivity index (χ3v) is 4.85. The molecule has 3 rings (SSSR count). The maximum Gasteiger partial charge on any atom is 0.279 e. The van der Waals surface area contributed by atoms with E-state index in [2.05, 4.69) is 0 Å². The molecule has 0 aliphatic carbocycles. The SMILES string of the molecule is O=c1c2ccccc2sn1Sc1ccc([N+](=O)[O-])cc1. The summed E-state index contributed by atoms with van der Waals surface area (Å²) in [6, 6.07) is 13.5. The maximum atomic E-state index is 12.2. The van der Waals surface area contributed by atoms with Gasteiger partial charge in [0.1, 0.15) is 0 Å². The Labute approximate surface area is 121 Å². The van der Waals surface area contributed by atoms with E-state index in [9.17, 15) is 14.9 Å². The molecule has 1 aromatic heterocycles. The van der Waals surface area contributed by atoms with Crippen LogP contribution in [-0.4, -0.2) is 8.29 Å². The molecule has 7 heteroatoms. The van der Waals surface area contributed by atoms with E-state index in [4.69, 9.17) is 0 Å². The van der Waals surface area contributed by atoms with Gasteiger partial charge in [0.2, 0.25) is 0 Å². The number of hydrogen-bond donors (Lipinski definition) is 0. The number of nitro benzene ring substituents is 1. The fraction of sp³-hybridized carbons (Fsp3) is 0. The number of aromatic nitrogens is 1. The van der Waals surface area contributed by atoms with Crippen LogP contribution in [0.15, 0.2) is 58.2 Å². The Morgan fingerprint density at radius 2 is 1.80 bits per heavy atom. The van der Waals surface area contributed by atoms with Gasteiger partial charge in [-0.25, -0.2) is 0 Å². The Morgan fingerprint density at radius 3 is 2.45 bits per heavy atom. The van der Waals surface area contributed by atoms with Gasteiger partial charge in [-0.1, -0.05) is 12.1 Å². The zero-order valence-corrected chi connectivity index (χ0v) is 11.7. The van der Waals surface area contributed by atoms with E-state index in [-0.39, 0.29) is 11.2 Å². The van der Waals surface area contributed by atoms with Gasteiger partial charge in [0.05, 0.1) is 15.0 Å². The Kier molecular flexibility index (Phi) is 3.29. The predicted molar refractivity (Wildman–Crippen MR) is 80.4 cm³/mol. The van der Waals surface area contributed by atoms with Crippen LogP contribution in [0.1, 0.15) is 0 Å². The Balaban J connectivity index is 1.95. The molecule has 100 valence electrons. The monoisotopic (exact) mass is 304 g/mol. The minimum absolute atomic E-state index is 0.0398. The molecule has 0 atom stereocenters. The number of fused-ring (bicyclic) bond motifs is 1. The van der Waals surface area contributed by atoms with Crippen molar-refractivity contribution in [3.8, 4) is 0 Å². The van der Waals surface area contributed by atoms with Crippen LogP contribution in [0.3, 0.4) is 0 Å². The van der Waals surface area contributed by atoms with Crippen LogP contribution in [-0.2, 0) is 0 Å². The van der Waals surface area contributed by atoms with Crippen LogP contribution >= 0.6 is 23.5 Å². The van der Waals surface area contributed by atoms with Gasteiger partial charge in [-0.05, 0) is 35.8 Å². The first kappa shape index (κ1) is 12.9. The zero-order valence-electron chi connectivity index (χ0n) is 10.1. The Bertz CT molecular complexity index is 837. The van der Waals surface area contributed by atoms with Gasteiger partial charge < -0.3 is 0 Å². The summed E-state index contributed by atoms with van der Waals surface area (Å²) < 4.78 is 2.50. The third kappa shape index (κ3) is 2.33. The highest BCUT2D eigenvalue weighted by Crippen LogP contribution is 2.26. The molecule has 0 saturated carbocycles. The predicted octanol–water partition coefficient (Wildman–Crippen LogP) is 3.53. The quantitative estimate of drug-likeness (QED) is 0.548. The molecule has 0 fully saturated rings. The summed E-state index contributed by atoms with van der Waals surface area (Å²) in [5.74, 6) is 0. The molecule has 3 aromatic rings. The van der Waals surface area contributed by atoms with Crippen molar-refractivity contribution in [1.82, 2.24) is 3.36 Å². The van der Waals surface area contributed by atoms with Gasteiger partial charge in [-0.3, -0.25) is 14.9 Å². The Hall–Kier alpha value is -2.12. The summed E-state index contributed by atoms with van der Waals surface area (Å²) in [6.45, 7) is 0. The fourth-order valence-electron chi connectivity index (χ4n) is 1.74. The van der Waals surface area contributed by atoms with Crippen LogP contribution in [0.25, 0.3) is 10.1 Å². The highest BCUT2D eigenvalue weighted by atomic mass is 32.2. The van der Waals surface area contributed by atoms with Crippen molar-refractivity contribution < 1.29 is 4.92 Å². The van der Waals surface area contributed by atoms with Gasteiger partial charge in [0.25, 0.3) is 11.2 Å². The van der Waals surface area contributed by atoms with Gasteiger partial charge in [-0.15, -0.1) is 0 Å². The fourth-order valence-corrected chi connectivity index (χ4v) is 3.77. The average molecular weight is 304 g/mol. The van der Waals surface area contributed by atoms with Gasteiger partial charge in [0.15, 0.2) is 0 Å². The Morgan fingerprint density at radius 1 is 1.10 bits per heavy atom. The molecule has 0 aliphatic rings. The van der Waals surface area contributed by atoms with Crippen LogP contribution in [0, 0.1) is 10.1 Å². The van der Waals surface area contributed by atoms with Gasteiger partial charge >= 0.3 is 0 Å². The smallest absolute Gasteiger partial charge is 0.267 e. The van der Waals surface area contributed by atoms with E-state index in [1.807, 2.05) is 18.2 Å². The summed E-state index contributed by atoms with van der Waals surface area (Å²) in [6.07, 6.45) is 0. The molecule has 0 spiro atoms. The second-order valence-corrected chi connectivity index (χ2v) is 6.23. The van der Waals surface area contributed by atoms with Crippen LogP contribution in [0.2, 0.25) is 0 Å². The minimum atomic E-state index is -0.444. The van der Waals surface area contributed by atoms with E-state index >= 15 is 0 Å². The molecule has 0 saturated heterocycles. The molecule has 0 amide bonds. The molecule has 0 unspecified atom stereocenters. The van der Waals surface area contributed by atoms with Gasteiger partial charge in [-0.2, -0.15) is 3.36 Å².